The van der Waals surface area contributed by atoms with Crippen molar-refractivity contribution in [3.8, 4) is 0 Å². The Hall–Kier alpha value is -0.0800. The molecule has 2 atom stereocenters. The second-order valence-corrected chi connectivity index (χ2v) is 3.73. The van der Waals surface area contributed by atoms with Crippen LogP contribution < -0.4 is 0 Å². The molecule has 0 radical (unpaired) electrons. The van der Waals surface area contributed by atoms with Gasteiger partial charge in [-0.05, 0) is 31.7 Å². The highest BCUT2D eigenvalue weighted by Crippen LogP contribution is 2.42. The van der Waals surface area contributed by atoms with Gasteiger partial charge >= 0.3 is 0 Å². The summed E-state index contributed by atoms with van der Waals surface area (Å²) in [5.41, 5.74) is 0. The minimum Gasteiger partial charge on any atom is -0.383 e. The van der Waals surface area contributed by atoms with Crippen molar-refractivity contribution in [2.45, 2.75) is 25.3 Å². The molecule has 2 aliphatic rings. The zero-order chi connectivity index (χ0) is 7.68. The normalized spacial score (nSPS) is 36.8. The number of ether oxygens (including phenoxy) is 1. The topological polar surface area (TPSA) is 12.5 Å². The van der Waals surface area contributed by atoms with E-state index >= 15 is 0 Å². The molecule has 1 aliphatic carbocycles. The largest absolute Gasteiger partial charge is 0.383 e. The fourth-order valence-corrected chi connectivity index (χ4v) is 2.20. The van der Waals surface area contributed by atoms with Crippen LogP contribution in [0.4, 0.5) is 0 Å². The summed E-state index contributed by atoms with van der Waals surface area (Å²) in [4.78, 5) is 2.59. The Balaban J connectivity index is 1.75. The number of nitrogens with zero attached hydrogens (tertiary/aromatic N) is 1. The van der Waals surface area contributed by atoms with Crippen molar-refractivity contribution in [2.24, 2.45) is 5.92 Å². The molecule has 2 nitrogen and oxygen atoms in total. The van der Waals surface area contributed by atoms with Crippen LogP contribution in [-0.2, 0) is 4.74 Å². The molecule has 1 saturated carbocycles. The third-order valence-electron chi connectivity index (χ3n) is 2.96. The highest BCUT2D eigenvalue weighted by Gasteiger charge is 2.43. The molecule has 0 spiro atoms. The first-order chi connectivity index (χ1) is 5.42. The number of fused-ring (bicyclic) bond motifs is 1. The first-order valence-corrected chi connectivity index (χ1v) is 4.65. The van der Waals surface area contributed by atoms with Gasteiger partial charge in [0.2, 0.25) is 0 Å². The van der Waals surface area contributed by atoms with Gasteiger partial charge in [-0.15, -0.1) is 0 Å². The van der Waals surface area contributed by atoms with Gasteiger partial charge in [0.15, 0.2) is 0 Å². The molecule has 2 fully saturated rings. The Morgan fingerprint density at radius 3 is 3.27 bits per heavy atom. The molecule has 0 unspecified atom stereocenters. The van der Waals surface area contributed by atoms with Crippen LogP contribution in [-0.4, -0.2) is 37.7 Å². The van der Waals surface area contributed by atoms with Crippen LogP contribution in [0.2, 0.25) is 0 Å². The third-order valence-corrected chi connectivity index (χ3v) is 2.96. The second kappa shape index (κ2) is 3.11. The Labute approximate surface area is 68.5 Å². The van der Waals surface area contributed by atoms with Crippen LogP contribution in [0.5, 0.6) is 0 Å². The Kier molecular flexibility index (Phi) is 2.14. The summed E-state index contributed by atoms with van der Waals surface area (Å²) in [5, 5.41) is 0. The minimum atomic E-state index is 0.906. The third kappa shape index (κ3) is 1.57. The molecule has 0 N–H and O–H groups in total. The molecule has 1 saturated heterocycles. The Morgan fingerprint density at radius 1 is 1.55 bits per heavy atom. The summed E-state index contributed by atoms with van der Waals surface area (Å²) in [5.74, 6) is 1.06. The number of hydrogen-bond donors (Lipinski definition) is 0. The second-order valence-electron chi connectivity index (χ2n) is 3.73. The number of methoxy groups -OCH3 is 1. The van der Waals surface area contributed by atoms with Crippen LogP contribution in [0.3, 0.4) is 0 Å². The fourth-order valence-electron chi connectivity index (χ4n) is 2.20. The van der Waals surface area contributed by atoms with E-state index in [0.717, 1.165) is 25.1 Å². The Bertz CT molecular complexity index is 138. The molecule has 1 heterocycles. The van der Waals surface area contributed by atoms with E-state index in [1.165, 1.54) is 25.8 Å². The van der Waals surface area contributed by atoms with Gasteiger partial charge in [-0.3, -0.25) is 4.90 Å². The molecule has 0 aromatic rings. The number of rotatable bonds is 3. The summed E-state index contributed by atoms with van der Waals surface area (Å²) in [7, 11) is 1.79. The summed E-state index contributed by atoms with van der Waals surface area (Å²) >= 11 is 0. The summed E-state index contributed by atoms with van der Waals surface area (Å²) in [6.45, 7) is 3.37. The van der Waals surface area contributed by atoms with E-state index in [9.17, 15) is 0 Å². The predicted molar refractivity (Wildman–Crippen MR) is 44.6 cm³/mol. The molecular weight excluding hydrogens is 138 g/mol. The monoisotopic (exact) mass is 155 g/mol. The maximum absolute atomic E-state index is 5.07. The average Bonchev–Trinajstić information content (AvgIpc) is 2.79. The lowest BCUT2D eigenvalue weighted by atomic mass is 10.1. The highest BCUT2D eigenvalue weighted by molar-refractivity contribution is 4.97. The van der Waals surface area contributed by atoms with E-state index in [1.54, 1.807) is 7.11 Å². The molecule has 2 heteroatoms. The van der Waals surface area contributed by atoms with Crippen LogP contribution >= 0.6 is 0 Å². The highest BCUT2D eigenvalue weighted by atomic mass is 16.5. The van der Waals surface area contributed by atoms with E-state index < -0.39 is 0 Å². The van der Waals surface area contributed by atoms with E-state index in [4.69, 9.17) is 4.74 Å². The first kappa shape index (κ1) is 7.56. The van der Waals surface area contributed by atoms with Crippen molar-refractivity contribution in [3.05, 3.63) is 0 Å². The van der Waals surface area contributed by atoms with Crippen molar-refractivity contribution in [2.75, 3.05) is 26.8 Å². The molecule has 2 rings (SSSR count). The van der Waals surface area contributed by atoms with Crippen LogP contribution in [0.15, 0.2) is 0 Å². The van der Waals surface area contributed by atoms with Crippen LogP contribution in [0, 0.1) is 5.92 Å². The SMILES string of the molecule is COCCN1CCC[C@H]2C[C@H]21. The Morgan fingerprint density at radius 2 is 2.45 bits per heavy atom. The number of hydrogen-bond acceptors (Lipinski definition) is 2. The zero-order valence-corrected chi connectivity index (χ0v) is 7.25. The summed E-state index contributed by atoms with van der Waals surface area (Å²) in [6, 6.07) is 0.943. The lowest BCUT2D eigenvalue weighted by Crippen LogP contribution is -2.34. The summed E-state index contributed by atoms with van der Waals surface area (Å²) < 4.78 is 5.07. The van der Waals surface area contributed by atoms with Gasteiger partial charge in [0, 0.05) is 19.7 Å². The lowest BCUT2D eigenvalue weighted by molar-refractivity contribution is 0.129. The van der Waals surface area contributed by atoms with Gasteiger partial charge in [-0.1, -0.05) is 0 Å². The maximum Gasteiger partial charge on any atom is 0.0589 e. The molecule has 0 aromatic heterocycles. The smallest absolute Gasteiger partial charge is 0.0589 e. The van der Waals surface area contributed by atoms with E-state index in [0.29, 0.717) is 0 Å². The molecular formula is C9H17NO. The minimum absolute atomic E-state index is 0.906. The van der Waals surface area contributed by atoms with Gasteiger partial charge in [0.05, 0.1) is 6.61 Å². The molecule has 11 heavy (non-hydrogen) atoms. The standard InChI is InChI=1S/C9H17NO/c1-11-6-5-10-4-2-3-8-7-9(8)10/h8-9H,2-7H2,1H3/t8-,9+/m0/s1. The van der Waals surface area contributed by atoms with Gasteiger partial charge in [0.1, 0.15) is 0 Å². The molecule has 0 amide bonds. The van der Waals surface area contributed by atoms with Crippen molar-refractivity contribution in [1.29, 1.82) is 0 Å². The van der Waals surface area contributed by atoms with Crippen molar-refractivity contribution in [1.82, 2.24) is 4.90 Å². The number of piperidine rings is 1. The van der Waals surface area contributed by atoms with Gasteiger partial charge in [0.25, 0.3) is 0 Å². The van der Waals surface area contributed by atoms with E-state index in [2.05, 4.69) is 4.90 Å². The number of likely N-dealkylation sites (tertiary alicyclic amines) is 1. The first-order valence-electron chi connectivity index (χ1n) is 4.65. The van der Waals surface area contributed by atoms with E-state index in [-0.39, 0.29) is 0 Å². The predicted octanol–water partition coefficient (Wildman–Crippen LogP) is 1.12. The van der Waals surface area contributed by atoms with Crippen molar-refractivity contribution >= 4 is 0 Å². The average molecular weight is 155 g/mol. The zero-order valence-electron chi connectivity index (χ0n) is 7.25. The van der Waals surface area contributed by atoms with Crippen LogP contribution in [0.25, 0.3) is 0 Å². The maximum atomic E-state index is 5.07. The molecule has 0 bridgehead atoms. The van der Waals surface area contributed by atoms with Gasteiger partial charge in [-0.25, -0.2) is 0 Å². The van der Waals surface area contributed by atoms with Gasteiger partial charge in [-0.2, -0.15) is 0 Å². The molecule has 64 valence electrons. The van der Waals surface area contributed by atoms with Crippen molar-refractivity contribution < 1.29 is 4.74 Å². The van der Waals surface area contributed by atoms with E-state index in [1.807, 2.05) is 0 Å². The summed E-state index contributed by atoms with van der Waals surface area (Å²) in [6.07, 6.45) is 4.35. The fraction of sp³-hybridized carbons (Fsp3) is 1.00. The van der Waals surface area contributed by atoms with Crippen LogP contribution in [0.1, 0.15) is 19.3 Å². The van der Waals surface area contributed by atoms with Crippen molar-refractivity contribution in [3.63, 3.8) is 0 Å². The molecule has 1 aliphatic heterocycles. The molecule has 0 aromatic carbocycles. The quantitative estimate of drug-likeness (QED) is 0.605. The lowest BCUT2D eigenvalue weighted by Gasteiger charge is -2.25. The van der Waals surface area contributed by atoms with Gasteiger partial charge < -0.3 is 4.74 Å².